The molecule has 1 N–H and O–H groups in total. The van der Waals surface area contributed by atoms with Crippen LogP contribution in [0.1, 0.15) is 11.1 Å². The number of hydrogen-bond donors (Lipinski definition) is 1. The summed E-state index contributed by atoms with van der Waals surface area (Å²) < 4.78 is 19.1. The van der Waals surface area contributed by atoms with E-state index in [2.05, 4.69) is 10.3 Å². The molecule has 0 aliphatic heterocycles. The van der Waals surface area contributed by atoms with Crippen molar-refractivity contribution >= 4 is 32.6 Å². The minimum Gasteiger partial charge on any atom is -0.496 e. The molecule has 0 saturated carbocycles. The molecule has 1 heterocycles. The number of carbonyl (C=O) groups excluding carboxylic acids is 1. The second kappa shape index (κ2) is 6.34. The van der Waals surface area contributed by atoms with Gasteiger partial charge in [-0.3, -0.25) is 4.79 Å². The van der Waals surface area contributed by atoms with Crippen LogP contribution in [0, 0.1) is 12.7 Å². The van der Waals surface area contributed by atoms with Crippen LogP contribution in [0.5, 0.6) is 5.75 Å². The number of nitrogens with one attached hydrogen (secondary N) is 1. The van der Waals surface area contributed by atoms with E-state index >= 15 is 0 Å². The smallest absolute Gasteiger partial charge is 0.230 e. The molecule has 6 heteroatoms. The quantitative estimate of drug-likeness (QED) is 0.788. The first-order valence-corrected chi connectivity index (χ1v) is 7.86. The number of fused-ring (bicyclic) bond motifs is 1. The number of nitrogens with zero attached hydrogens (tertiary/aromatic N) is 1. The highest BCUT2D eigenvalue weighted by molar-refractivity contribution is 7.22. The number of benzene rings is 2. The number of carbonyl (C=O) groups is 1. The van der Waals surface area contributed by atoms with Crippen LogP contribution in [0.3, 0.4) is 0 Å². The van der Waals surface area contributed by atoms with E-state index in [1.165, 1.54) is 23.5 Å². The lowest BCUT2D eigenvalue weighted by Gasteiger charge is -2.07. The standard InChI is InChI=1S/C17H15FN2O2S/c1-10-7-11(3-6-14(10)22-2)8-16(21)20-17-19-13-5-4-12(18)9-15(13)23-17/h3-7,9H,8H2,1-2H3,(H,19,20,21). The molecule has 0 atom stereocenters. The molecule has 0 aliphatic carbocycles. The Morgan fingerprint density at radius 2 is 2.13 bits per heavy atom. The van der Waals surface area contributed by atoms with Crippen LogP contribution in [-0.4, -0.2) is 18.0 Å². The number of thiazole rings is 1. The summed E-state index contributed by atoms with van der Waals surface area (Å²) in [5.41, 5.74) is 2.55. The third-order valence-electron chi connectivity index (χ3n) is 3.42. The third-order valence-corrected chi connectivity index (χ3v) is 4.35. The van der Waals surface area contributed by atoms with Crippen LogP contribution in [0.15, 0.2) is 36.4 Å². The molecular weight excluding hydrogens is 315 g/mol. The summed E-state index contributed by atoms with van der Waals surface area (Å²) >= 11 is 1.26. The maximum atomic E-state index is 13.2. The summed E-state index contributed by atoms with van der Waals surface area (Å²) in [7, 11) is 1.62. The van der Waals surface area contributed by atoms with Crippen LogP contribution < -0.4 is 10.1 Å². The van der Waals surface area contributed by atoms with Crippen LogP contribution in [0.2, 0.25) is 0 Å². The topological polar surface area (TPSA) is 51.2 Å². The zero-order valence-corrected chi connectivity index (χ0v) is 13.5. The molecular formula is C17H15FN2O2S. The van der Waals surface area contributed by atoms with Crippen molar-refractivity contribution < 1.29 is 13.9 Å². The molecule has 0 aliphatic rings. The van der Waals surface area contributed by atoms with E-state index in [4.69, 9.17) is 4.74 Å². The fourth-order valence-electron chi connectivity index (χ4n) is 2.35. The first kappa shape index (κ1) is 15.4. The highest BCUT2D eigenvalue weighted by atomic mass is 32.1. The Kier molecular flexibility index (Phi) is 4.25. The van der Waals surface area contributed by atoms with Crippen LogP contribution in [0.25, 0.3) is 10.2 Å². The second-order valence-electron chi connectivity index (χ2n) is 5.16. The molecule has 0 saturated heterocycles. The molecule has 3 rings (SSSR count). The number of rotatable bonds is 4. The van der Waals surface area contributed by atoms with Gasteiger partial charge >= 0.3 is 0 Å². The van der Waals surface area contributed by atoms with Crippen LogP contribution >= 0.6 is 11.3 Å². The lowest BCUT2D eigenvalue weighted by Crippen LogP contribution is -2.14. The fourth-order valence-corrected chi connectivity index (χ4v) is 3.26. The predicted octanol–water partition coefficient (Wildman–Crippen LogP) is 3.93. The molecule has 0 unspecified atom stereocenters. The third kappa shape index (κ3) is 3.48. The number of aryl methyl sites for hydroxylation is 1. The number of anilines is 1. The van der Waals surface area contributed by atoms with Crippen molar-refractivity contribution in [2.45, 2.75) is 13.3 Å². The number of ether oxygens (including phenoxy) is 1. The average Bonchev–Trinajstić information content (AvgIpc) is 2.88. The summed E-state index contributed by atoms with van der Waals surface area (Å²) in [5.74, 6) is 0.323. The molecule has 3 aromatic rings. The Hall–Kier alpha value is -2.47. The van der Waals surface area contributed by atoms with E-state index in [-0.39, 0.29) is 18.1 Å². The van der Waals surface area contributed by atoms with Gasteiger partial charge in [-0.2, -0.15) is 0 Å². The number of halogens is 1. The van der Waals surface area contributed by atoms with E-state index in [9.17, 15) is 9.18 Å². The summed E-state index contributed by atoms with van der Waals surface area (Å²) in [5, 5.41) is 3.24. The molecule has 118 valence electrons. The van der Waals surface area contributed by atoms with Gasteiger partial charge in [-0.15, -0.1) is 0 Å². The lowest BCUT2D eigenvalue weighted by atomic mass is 10.1. The fraction of sp³-hybridized carbons (Fsp3) is 0.176. The first-order chi connectivity index (χ1) is 11.0. The van der Waals surface area contributed by atoms with Gasteiger partial charge in [-0.1, -0.05) is 23.5 Å². The molecule has 23 heavy (non-hydrogen) atoms. The maximum Gasteiger partial charge on any atom is 0.230 e. The first-order valence-electron chi connectivity index (χ1n) is 7.04. The Morgan fingerprint density at radius 3 is 2.87 bits per heavy atom. The molecule has 0 radical (unpaired) electrons. The second-order valence-corrected chi connectivity index (χ2v) is 6.19. The summed E-state index contributed by atoms with van der Waals surface area (Å²) in [4.78, 5) is 16.4. The molecule has 1 aromatic heterocycles. The monoisotopic (exact) mass is 330 g/mol. The van der Waals surface area contributed by atoms with Crippen molar-refractivity contribution in [2.75, 3.05) is 12.4 Å². The number of aromatic nitrogens is 1. The van der Waals surface area contributed by atoms with E-state index in [0.29, 0.717) is 15.3 Å². The van der Waals surface area contributed by atoms with E-state index < -0.39 is 0 Å². The summed E-state index contributed by atoms with van der Waals surface area (Å²) in [6.45, 7) is 1.93. The van der Waals surface area contributed by atoms with Crippen molar-refractivity contribution in [3.8, 4) is 5.75 Å². The van der Waals surface area contributed by atoms with E-state index in [0.717, 1.165) is 16.9 Å². The van der Waals surface area contributed by atoms with Gasteiger partial charge in [0.15, 0.2) is 5.13 Å². The van der Waals surface area contributed by atoms with Gasteiger partial charge in [0.05, 0.1) is 23.7 Å². The van der Waals surface area contributed by atoms with E-state index in [1.54, 1.807) is 13.2 Å². The van der Waals surface area contributed by atoms with Gasteiger partial charge in [0.1, 0.15) is 11.6 Å². The predicted molar refractivity (Wildman–Crippen MR) is 89.6 cm³/mol. The van der Waals surface area contributed by atoms with Gasteiger partial charge in [0.25, 0.3) is 0 Å². The normalized spacial score (nSPS) is 10.7. The summed E-state index contributed by atoms with van der Waals surface area (Å²) in [6.07, 6.45) is 0.245. The SMILES string of the molecule is COc1ccc(CC(=O)Nc2nc3ccc(F)cc3s2)cc1C. The maximum absolute atomic E-state index is 13.2. The molecule has 0 spiro atoms. The number of hydrogen-bond acceptors (Lipinski definition) is 4. The largest absolute Gasteiger partial charge is 0.496 e. The average molecular weight is 330 g/mol. The van der Waals surface area contributed by atoms with Crippen molar-refractivity contribution in [1.29, 1.82) is 0 Å². The Balaban J connectivity index is 1.71. The van der Waals surface area contributed by atoms with Crippen molar-refractivity contribution in [3.63, 3.8) is 0 Å². The zero-order chi connectivity index (χ0) is 16.4. The van der Waals surface area contributed by atoms with Gasteiger partial charge < -0.3 is 10.1 Å². The molecule has 2 aromatic carbocycles. The molecule has 1 amide bonds. The van der Waals surface area contributed by atoms with Crippen molar-refractivity contribution in [2.24, 2.45) is 0 Å². The van der Waals surface area contributed by atoms with Gasteiger partial charge in [0.2, 0.25) is 5.91 Å². The number of methoxy groups -OCH3 is 1. The van der Waals surface area contributed by atoms with Gasteiger partial charge in [-0.05, 0) is 42.3 Å². The molecule has 4 nitrogen and oxygen atoms in total. The highest BCUT2D eigenvalue weighted by Gasteiger charge is 2.10. The zero-order valence-electron chi connectivity index (χ0n) is 12.7. The molecule has 0 fully saturated rings. The lowest BCUT2D eigenvalue weighted by molar-refractivity contribution is -0.115. The van der Waals surface area contributed by atoms with E-state index in [1.807, 2.05) is 25.1 Å². The van der Waals surface area contributed by atoms with Crippen LogP contribution in [0.4, 0.5) is 9.52 Å². The Bertz CT molecular complexity index is 876. The summed E-state index contributed by atoms with van der Waals surface area (Å²) in [6, 6.07) is 10.00. The highest BCUT2D eigenvalue weighted by Crippen LogP contribution is 2.26. The van der Waals surface area contributed by atoms with Crippen molar-refractivity contribution in [1.82, 2.24) is 4.98 Å². The Labute approximate surface area is 136 Å². The van der Waals surface area contributed by atoms with Gasteiger partial charge in [-0.25, -0.2) is 9.37 Å². The number of amides is 1. The van der Waals surface area contributed by atoms with Crippen molar-refractivity contribution in [3.05, 3.63) is 53.3 Å². The molecule has 0 bridgehead atoms. The van der Waals surface area contributed by atoms with Crippen LogP contribution in [-0.2, 0) is 11.2 Å². The van der Waals surface area contributed by atoms with Gasteiger partial charge in [0, 0.05) is 0 Å². The minimum atomic E-state index is -0.312. The Morgan fingerprint density at radius 1 is 1.30 bits per heavy atom. The minimum absolute atomic E-state index is 0.158.